The van der Waals surface area contributed by atoms with Crippen LogP contribution in [0.15, 0.2) is 22.7 Å². The molecule has 1 rings (SSSR count). The Kier molecular flexibility index (Phi) is 7.18. The fourth-order valence-electron chi connectivity index (χ4n) is 1.90. The Labute approximate surface area is 136 Å². The molecule has 0 unspecified atom stereocenters. The molecule has 0 radical (unpaired) electrons. The molecule has 21 heavy (non-hydrogen) atoms. The Balaban J connectivity index is 2.67. The van der Waals surface area contributed by atoms with Gasteiger partial charge >= 0.3 is 0 Å². The maximum atomic E-state index is 11.8. The Bertz CT molecular complexity index is 475. The monoisotopic (exact) mass is 355 g/mol. The van der Waals surface area contributed by atoms with Gasteiger partial charge in [0.2, 0.25) is 5.91 Å². The van der Waals surface area contributed by atoms with Crippen molar-refractivity contribution >= 4 is 27.5 Å². The van der Waals surface area contributed by atoms with Crippen LogP contribution in [0.5, 0.6) is 0 Å². The highest BCUT2D eigenvalue weighted by Gasteiger charge is 2.12. The first-order valence-electron chi connectivity index (χ1n) is 7.21. The number of anilines is 1. The van der Waals surface area contributed by atoms with Crippen molar-refractivity contribution in [2.45, 2.75) is 20.4 Å². The number of hydrogen-bond acceptors (Lipinski definition) is 3. The van der Waals surface area contributed by atoms with E-state index < -0.39 is 0 Å². The average Bonchev–Trinajstić information content (AvgIpc) is 2.37. The number of nitrogens with one attached hydrogen (secondary N) is 1. The second-order valence-corrected chi connectivity index (χ2v) is 6.81. The van der Waals surface area contributed by atoms with E-state index in [9.17, 15) is 4.79 Å². The predicted octanol–water partition coefficient (Wildman–Crippen LogP) is 2.72. The molecule has 0 atom stereocenters. The Morgan fingerprint density at radius 1 is 1.29 bits per heavy atom. The molecule has 0 bridgehead atoms. The van der Waals surface area contributed by atoms with Crippen molar-refractivity contribution in [3.63, 3.8) is 0 Å². The zero-order valence-corrected chi connectivity index (χ0v) is 15.2. The molecule has 0 aliphatic heterocycles. The Morgan fingerprint density at radius 3 is 2.48 bits per heavy atom. The van der Waals surface area contributed by atoms with Crippen LogP contribution in [0.2, 0.25) is 0 Å². The summed E-state index contributed by atoms with van der Waals surface area (Å²) in [5.41, 5.74) is 2.26. The van der Waals surface area contributed by atoms with Gasteiger partial charge in [-0.15, -0.1) is 0 Å². The van der Waals surface area contributed by atoms with E-state index in [-0.39, 0.29) is 5.91 Å². The van der Waals surface area contributed by atoms with Crippen LogP contribution in [-0.2, 0) is 11.3 Å². The van der Waals surface area contributed by atoms with Crippen molar-refractivity contribution in [3.05, 3.63) is 28.2 Å². The van der Waals surface area contributed by atoms with Gasteiger partial charge in [0.15, 0.2) is 0 Å². The molecule has 118 valence electrons. The molecule has 0 aliphatic rings. The van der Waals surface area contributed by atoms with E-state index in [1.807, 2.05) is 11.9 Å². The van der Waals surface area contributed by atoms with E-state index in [2.05, 4.69) is 53.3 Å². The smallest absolute Gasteiger partial charge is 0.241 e. The van der Waals surface area contributed by atoms with Crippen LogP contribution in [0.4, 0.5) is 5.69 Å². The number of carbonyl (C=O) groups is 1. The lowest BCUT2D eigenvalue weighted by molar-refractivity contribution is -0.127. The van der Waals surface area contributed by atoms with E-state index >= 15 is 0 Å². The summed E-state index contributed by atoms with van der Waals surface area (Å²) in [7, 11) is 5.47. The number of likely N-dealkylation sites (N-methyl/N-ethyl adjacent to an activating group) is 2. The SMILES string of the molecule is CC(C)CNCc1ccc(N(C)CC(=O)N(C)C)c(Br)c1. The van der Waals surface area contributed by atoms with Gasteiger partial charge in [0.25, 0.3) is 0 Å². The molecule has 1 aromatic rings. The molecule has 1 N–H and O–H groups in total. The third kappa shape index (κ3) is 6.06. The van der Waals surface area contributed by atoms with Gasteiger partial charge in [-0.25, -0.2) is 0 Å². The first kappa shape index (κ1) is 18.0. The van der Waals surface area contributed by atoms with Gasteiger partial charge in [-0.3, -0.25) is 4.79 Å². The van der Waals surface area contributed by atoms with E-state index in [4.69, 9.17) is 0 Å². The lowest BCUT2D eigenvalue weighted by Crippen LogP contribution is -2.34. The van der Waals surface area contributed by atoms with E-state index in [0.29, 0.717) is 12.5 Å². The summed E-state index contributed by atoms with van der Waals surface area (Å²) in [5.74, 6) is 0.739. The van der Waals surface area contributed by atoms with Gasteiger partial charge in [0, 0.05) is 32.2 Å². The molecular weight excluding hydrogens is 330 g/mol. The first-order chi connectivity index (χ1) is 9.81. The highest BCUT2D eigenvalue weighted by molar-refractivity contribution is 9.10. The van der Waals surface area contributed by atoms with Crippen molar-refractivity contribution in [2.24, 2.45) is 5.92 Å². The molecule has 0 spiro atoms. The number of hydrogen-bond donors (Lipinski definition) is 1. The summed E-state index contributed by atoms with van der Waals surface area (Å²) in [6.07, 6.45) is 0. The second kappa shape index (κ2) is 8.39. The van der Waals surface area contributed by atoms with Crippen molar-refractivity contribution in [1.82, 2.24) is 10.2 Å². The molecule has 0 aliphatic carbocycles. The summed E-state index contributed by atoms with van der Waals surface area (Å²) in [5, 5.41) is 3.43. The van der Waals surface area contributed by atoms with E-state index in [0.717, 1.165) is 23.2 Å². The number of nitrogens with zero attached hydrogens (tertiary/aromatic N) is 2. The van der Waals surface area contributed by atoms with Crippen LogP contribution >= 0.6 is 15.9 Å². The Morgan fingerprint density at radius 2 is 1.95 bits per heavy atom. The second-order valence-electron chi connectivity index (χ2n) is 5.95. The van der Waals surface area contributed by atoms with Gasteiger partial charge in [-0.1, -0.05) is 19.9 Å². The van der Waals surface area contributed by atoms with Crippen LogP contribution in [0.1, 0.15) is 19.4 Å². The quantitative estimate of drug-likeness (QED) is 0.816. The number of halogens is 1. The van der Waals surface area contributed by atoms with Gasteiger partial charge in [-0.05, 0) is 46.1 Å². The van der Waals surface area contributed by atoms with E-state index in [1.165, 1.54) is 5.56 Å². The largest absolute Gasteiger partial charge is 0.364 e. The van der Waals surface area contributed by atoms with E-state index in [1.54, 1.807) is 19.0 Å². The number of benzene rings is 1. The fraction of sp³-hybridized carbons (Fsp3) is 0.562. The highest BCUT2D eigenvalue weighted by atomic mass is 79.9. The summed E-state index contributed by atoms with van der Waals surface area (Å²) in [6.45, 7) is 6.63. The minimum Gasteiger partial charge on any atom is -0.364 e. The topological polar surface area (TPSA) is 35.6 Å². The van der Waals surface area contributed by atoms with Crippen LogP contribution in [-0.4, -0.2) is 45.0 Å². The van der Waals surface area contributed by atoms with Gasteiger partial charge < -0.3 is 15.1 Å². The molecule has 0 saturated heterocycles. The summed E-state index contributed by atoms with van der Waals surface area (Å²) in [4.78, 5) is 15.3. The van der Waals surface area contributed by atoms with Gasteiger partial charge in [-0.2, -0.15) is 0 Å². The molecule has 1 aromatic carbocycles. The molecule has 0 fully saturated rings. The molecule has 1 amide bonds. The van der Waals surface area contributed by atoms with Crippen molar-refractivity contribution < 1.29 is 4.79 Å². The summed E-state index contributed by atoms with van der Waals surface area (Å²) < 4.78 is 1.01. The zero-order chi connectivity index (χ0) is 16.0. The average molecular weight is 356 g/mol. The van der Waals surface area contributed by atoms with Crippen LogP contribution in [0.25, 0.3) is 0 Å². The molecular formula is C16H26BrN3O. The third-order valence-electron chi connectivity index (χ3n) is 3.18. The van der Waals surface area contributed by atoms with Crippen molar-refractivity contribution in [2.75, 3.05) is 39.1 Å². The van der Waals surface area contributed by atoms with Crippen molar-refractivity contribution in [3.8, 4) is 0 Å². The van der Waals surface area contributed by atoms with Crippen LogP contribution in [0.3, 0.4) is 0 Å². The van der Waals surface area contributed by atoms with Crippen LogP contribution in [0, 0.1) is 5.92 Å². The molecule has 0 aromatic heterocycles. The third-order valence-corrected chi connectivity index (χ3v) is 3.81. The lowest BCUT2D eigenvalue weighted by atomic mass is 10.1. The maximum absolute atomic E-state index is 11.8. The Hall–Kier alpha value is -1.07. The minimum atomic E-state index is 0.0899. The summed E-state index contributed by atoms with van der Waals surface area (Å²) >= 11 is 3.60. The van der Waals surface area contributed by atoms with Gasteiger partial charge in [0.05, 0.1) is 12.2 Å². The lowest BCUT2D eigenvalue weighted by Gasteiger charge is -2.22. The molecule has 5 heteroatoms. The number of carbonyl (C=O) groups excluding carboxylic acids is 1. The number of rotatable bonds is 7. The fourth-order valence-corrected chi connectivity index (χ4v) is 2.63. The van der Waals surface area contributed by atoms with Crippen LogP contribution < -0.4 is 10.2 Å². The first-order valence-corrected chi connectivity index (χ1v) is 8.01. The summed E-state index contributed by atoms with van der Waals surface area (Å²) in [6, 6.07) is 6.27. The molecule has 4 nitrogen and oxygen atoms in total. The van der Waals surface area contributed by atoms with Crippen molar-refractivity contribution in [1.29, 1.82) is 0 Å². The predicted molar refractivity (Wildman–Crippen MR) is 92.7 cm³/mol. The number of amides is 1. The molecule has 0 heterocycles. The van der Waals surface area contributed by atoms with Gasteiger partial charge in [0.1, 0.15) is 0 Å². The minimum absolute atomic E-state index is 0.0899. The highest BCUT2D eigenvalue weighted by Crippen LogP contribution is 2.26. The normalized spacial score (nSPS) is 10.8. The zero-order valence-electron chi connectivity index (χ0n) is 13.6. The standard InChI is InChI=1S/C16H26BrN3O/c1-12(2)9-18-10-13-6-7-15(14(17)8-13)20(5)11-16(21)19(3)4/h6-8,12,18H,9-11H2,1-5H3. The maximum Gasteiger partial charge on any atom is 0.241 e. The molecule has 0 saturated carbocycles.